The molecule has 0 radical (unpaired) electrons. The summed E-state index contributed by atoms with van der Waals surface area (Å²) in [4.78, 5) is 0. The quantitative estimate of drug-likeness (QED) is 0.448. The van der Waals surface area contributed by atoms with Gasteiger partial charge in [0.1, 0.15) is 0 Å². The van der Waals surface area contributed by atoms with Crippen molar-refractivity contribution < 1.29 is 10.2 Å². The second kappa shape index (κ2) is 6.99. The summed E-state index contributed by atoms with van der Waals surface area (Å²) in [6.07, 6.45) is 13.8. The molecule has 5 aliphatic rings. The second-order valence-corrected chi connectivity index (χ2v) is 15.4. The van der Waals surface area contributed by atoms with Gasteiger partial charge in [0.15, 0.2) is 0 Å². The van der Waals surface area contributed by atoms with E-state index in [1.54, 1.807) is 0 Å². The van der Waals surface area contributed by atoms with Gasteiger partial charge in [-0.1, -0.05) is 48.5 Å². The highest BCUT2D eigenvalue weighted by Crippen LogP contribution is 2.78. The molecule has 0 bridgehead atoms. The van der Waals surface area contributed by atoms with Crippen LogP contribution in [0.1, 0.15) is 119 Å². The molecule has 2 N–H and O–H groups in total. The van der Waals surface area contributed by atoms with Crippen molar-refractivity contribution >= 4 is 0 Å². The van der Waals surface area contributed by atoms with E-state index in [2.05, 4.69) is 48.5 Å². The first-order chi connectivity index (χ1) is 14.8. The summed E-state index contributed by atoms with van der Waals surface area (Å²) in [7, 11) is 0. The Kier molecular flexibility index (Phi) is 5.17. The molecule has 5 fully saturated rings. The van der Waals surface area contributed by atoms with E-state index in [0.717, 1.165) is 18.3 Å². The maximum Gasteiger partial charge on any atom is 0.0571 e. The molecule has 0 aliphatic heterocycles. The fourth-order valence-corrected chi connectivity index (χ4v) is 11.4. The lowest BCUT2D eigenvalue weighted by Gasteiger charge is -2.75. The van der Waals surface area contributed by atoms with Crippen LogP contribution in [-0.2, 0) is 0 Å². The van der Waals surface area contributed by atoms with E-state index >= 15 is 0 Å². The van der Waals surface area contributed by atoms with E-state index < -0.39 is 0 Å². The third-order valence-corrected chi connectivity index (χ3v) is 14.0. The third kappa shape index (κ3) is 2.78. The van der Waals surface area contributed by atoms with Crippen molar-refractivity contribution in [2.75, 3.05) is 6.61 Å². The average Bonchev–Trinajstić information content (AvgIpc) is 2.73. The minimum atomic E-state index is -0.106. The van der Waals surface area contributed by atoms with Crippen LogP contribution in [0.4, 0.5) is 0 Å². The predicted octanol–water partition coefficient (Wildman–Crippen LogP) is 7.22. The molecule has 0 aromatic carbocycles. The molecule has 184 valence electrons. The normalized spacial score (nSPS) is 59.3. The van der Waals surface area contributed by atoms with Crippen molar-refractivity contribution in [2.45, 2.75) is 125 Å². The van der Waals surface area contributed by atoms with Gasteiger partial charge in [-0.05, 0) is 127 Å². The van der Waals surface area contributed by atoms with E-state index in [9.17, 15) is 10.2 Å². The highest BCUT2D eigenvalue weighted by molar-refractivity contribution is 5.20. The van der Waals surface area contributed by atoms with Gasteiger partial charge in [-0.25, -0.2) is 0 Å². The van der Waals surface area contributed by atoms with Crippen molar-refractivity contribution in [3.05, 3.63) is 0 Å². The standard InChI is InChI=1S/C30H52O2/c1-20-21(32)8-9-22-26(20,4)11-10-23-27(22,5)13-14-29(7)24-18-25(2,3)12-16-30(24,19-31)17-15-28(23,29)6/h20-24,31-32H,8-19H2,1-7H3/t20-,21+,22+,23-,24-,26+,27-,28+,29-,30+/m0/s1. The van der Waals surface area contributed by atoms with Crippen LogP contribution in [0.25, 0.3) is 0 Å². The number of hydrogen-bond acceptors (Lipinski definition) is 2. The number of hydrogen-bond donors (Lipinski definition) is 2. The van der Waals surface area contributed by atoms with Gasteiger partial charge < -0.3 is 10.2 Å². The third-order valence-electron chi connectivity index (χ3n) is 14.0. The average molecular weight is 445 g/mol. The first kappa shape index (κ1) is 23.7. The number of aliphatic hydroxyl groups is 2. The molecule has 0 aromatic heterocycles. The molecule has 5 rings (SSSR count). The molecule has 5 saturated carbocycles. The Morgan fingerprint density at radius 1 is 0.656 bits per heavy atom. The second-order valence-electron chi connectivity index (χ2n) is 15.4. The summed E-state index contributed by atoms with van der Waals surface area (Å²) < 4.78 is 0. The van der Waals surface area contributed by atoms with Gasteiger partial charge >= 0.3 is 0 Å². The lowest BCUT2D eigenvalue weighted by atomic mass is 9.30. The van der Waals surface area contributed by atoms with Crippen LogP contribution in [0.5, 0.6) is 0 Å². The zero-order chi connectivity index (χ0) is 23.4. The fourth-order valence-electron chi connectivity index (χ4n) is 11.4. The molecule has 0 spiro atoms. The summed E-state index contributed by atoms with van der Waals surface area (Å²) in [5.74, 6) is 2.62. The van der Waals surface area contributed by atoms with Crippen LogP contribution in [0.2, 0.25) is 0 Å². The minimum Gasteiger partial charge on any atom is -0.396 e. The highest BCUT2D eigenvalue weighted by Gasteiger charge is 2.71. The Bertz CT molecular complexity index is 760. The van der Waals surface area contributed by atoms with Crippen molar-refractivity contribution in [3.63, 3.8) is 0 Å². The Balaban J connectivity index is 1.55. The molecule has 2 heteroatoms. The molecule has 0 amide bonds. The van der Waals surface area contributed by atoms with E-state index in [4.69, 9.17) is 0 Å². The molecule has 0 saturated heterocycles. The zero-order valence-electron chi connectivity index (χ0n) is 22.3. The van der Waals surface area contributed by atoms with Crippen LogP contribution in [0.3, 0.4) is 0 Å². The molecule has 0 heterocycles. The summed E-state index contributed by atoms with van der Waals surface area (Å²) in [5, 5.41) is 21.5. The summed E-state index contributed by atoms with van der Waals surface area (Å²) in [6, 6.07) is 0. The van der Waals surface area contributed by atoms with Crippen molar-refractivity contribution in [2.24, 2.45) is 56.2 Å². The molecule has 10 atom stereocenters. The number of aliphatic hydroxyl groups excluding tert-OH is 2. The van der Waals surface area contributed by atoms with Crippen molar-refractivity contribution in [1.29, 1.82) is 0 Å². The lowest BCUT2D eigenvalue weighted by Crippen LogP contribution is -2.68. The van der Waals surface area contributed by atoms with Crippen LogP contribution < -0.4 is 0 Å². The molecule has 0 unspecified atom stereocenters. The van der Waals surface area contributed by atoms with Gasteiger partial charge in [0.2, 0.25) is 0 Å². The highest BCUT2D eigenvalue weighted by atomic mass is 16.3. The van der Waals surface area contributed by atoms with Gasteiger partial charge in [-0.2, -0.15) is 0 Å². The van der Waals surface area contributed by atoms with Crippen molar-refractivity contribution in [1.82, 2.24) is 0 Å². The van der Waals surface area contributed by atoms with E-state index in [1.165, 1.54) is 64.2 Å². The molecular weight excluding hydrogens is 392 g/mol. The van der Waals surface area contributed by atoms with Crippen LogP contribution in [0.15, 0.2) is 0 Å². The van der Waals surface area contributed by atoms with Gasteiger partial charge in [-0.15, -0.1) is 0 Å². The number of rotatable bonds is 1. The van der Waals surface area contributed by atoms with Gasteiger partial charge in [0.25, 0.3) is 0 Å². The van der Waals surface area contributed by atoms with Gasteiger partial charge in [-0.3, -0.25) is 0 Å². The van der Waals surface area contributed by atoms with Gasteiger partial charge in [0.05, 0.1) is 6.10 Å². The molecular formula is C30H52O2. The predicted molar refractivity (Wildman–Crippen MR) is 132 cm³/mol. The Morgan fingerprint density at radius 2 is 1.28 bits per heavy atom. The monoisotopic (exact) mass is 444 g/mol. The molecule has 32 heavy (non-hydrogen) atoms. The summed E-state index contributed by atoms with van der Waals surface area (Å²) in [6.45, 7) is 18.3. The minimum absolute atomic E-state index is 0.106. The lowest BCUT2D eigenvalue weighted by molar-refractivity contribution is -0.269. The maximum atomic E-state index is 10.8. The summed E-state index contributed by atoms with van der Waals surface area (Å²) >= 11 is 0. The Labute approximate surface area is 198 Å². The van der Waals surface area contributed by atoms with E-state index in [-0.39, 0.29) is 11.5 Å². The number of fused-ring (bicyclic) bond motifs is 7. The molecule has 2 nitrogen and oxygen atoms in total. The largest absolute Gasteiger partial charge is 0.396 e. The van der Waals surface area contributed by atoms with Crippen LogP contribution in [-0.4, -0.2) is 22.9 Å². The maximum absolute atomic E-state index is 10.8. The van der Waals surface area contributed by atoms with Crippen LogP contribution in [0, 0.1) is 56.2 Å². The topological polar surface area (TPSA) is 40.5 Å². The smallest absolute Gasteiger partial charge is 0.0571 e. The molecule has 0 aromatic rings. The first-order valence-electron chi connectivity index (χ1n) is 14.1. The van der Waals surface area contributed by atoms with Gasteiger partial charge in [0, 0.05) is 6.61 Å². The van der Waals surface area contributed by atoms with E-state index in [1.807, 2.05) is 0 Å². The summed E-state index contributed by atoms with van der Waals surface area (Å²) in [5.41, 5.74) is 1.98. The zero-order valence-corrected chi connectivity index (χ0v) is 22.3. The first-order valence-corrected chi connectivity index (χ1v) is 14.1. The van der Waals surface area contributed by atoms with Crippen LogP contribution >= 0.6 is 0 Å². The van der Waals surface area contributed by atoms with E-state index in [0.29, 0.717) is 45.5 Å². The fraction of sp³-hybridized carbons (Fsp3) is 1.00. The van der Waals surface area contributed by atoms with Crippen molar-refractivity contribution in [3.8, 4) is 0 Å². The molecule has 5 aliphatic carbocycles. The Hall–Kier alpha value is -0.0800. The Morgan fingerprint density at radius 3 is 1.97 bits per heavy atom. The SMILES string of the molecule is C[C@H]1[C@H](O)CC[C@@H]2[C@]1(C)CC[C@H]1[C@@]2(C)CC[C@@]2(C)[C@@H]3CC(C)(C)CC[C@]3(CO)CC[C@]12C.